The van der Waals surface area contributed by atoms with Crippen LogP contribution in [0.3, 0.4) is 0 Å². The summed E-state index contributed by atoms with van der Waals surface area (Å²) in [5, 5.41) is 11.0. The van der Waals surface area contributed by atoms with E-state index in [0.717, 1.165) is 11.1 Å². The Morgan fingerprint density at radius 2 is 1.68 bits per heavy atom. The van der Waals surface area contributed by atoms with Gasteiger partial charge in [0.2, 0.25) is 5.95 Å². The zero-order valence-electron chi connectivity index (χ0n) is 20.9. The monoisotopic (exact) mass is 498 g/mol. The molecule has 10 nitrogen and oxygen atoms in total. The Morgan fingerprint density at radius 1 is 0.946 bits per heavy atom. The molecule has 5 rings (SSSR count). The van der Waals surface area contributed by atoms with Gasteiger partial charge in [-0.1, -0.05) is 12.1 Å². The van der Waals surface area contributed by atoms with Crippen molar-refractivity contribution in [2.45, 2.75) is 13.0 Å². The Balaban J connectivity index is 1.58. The second-order valence-electron chi connectivity index (χ2n) is 8.27. The summed E-state index contributed by atoms with van der Waals surface area (Å²) in [7, 11) is 4.73. The Hall–Kier alpha value is -4.86. The summed E-state index contributed by atoms with van der Waals surface area (Å²) in [6.07, 6.45) is 3.38. The maximum atomic E-state index is 13.7. The summed E-state index contributed by atoms with van der Waals surface area (Å²) >= 11 is 0. The number of pyridine rings is 1. The summed E-state index contributed by atoms with van der Waals surface area (Å²) in [6, 6.07) is 15.9. The minimum Gasteiger partial charge on any atom is -0.495 e. The Bertz CT molecular complexity index is 1480. The van der Waals surface area contributed by atoms with Crippen LogP contribution in [0.1, 0.15) is 18.5 Å². The van der Waals surface area contributed by atoms with Crippen molar-refractivity contribution in [2.75, 3.05) is 32.0 Å². The number of carbonyl (C=O) groups is 1. The third-order valence-corrected chi connectivity index (χ3v) is 6.12. The van der Waals surface area contributed by atoms with Crippen molar-refractivity contribution in [1.29, 1.82) is 0 Å². The number of hydrogen-bond acceptors (Lipinski definition) is 8. The number of amides is 1. The lowest BCUT2D eigenvalue weighted by Gasteiger charge is -2.28. The van der Waals surface area contributed by atoms with E-state index in [-0.39, 0.29) is 5.91 Å². The molecule has 1 atom stereocenters. The number of rotatable bonds is 7. The van der Waals surface area contributed by atoms with E-state index < -0.39 is 6.04 Å². The van der Waals surface area contributed by atoms with Crippen LogP contribution in [-0.2, 0) is 4.79 Å². The molecule has 37 heavy (non-hydrogen) atoms. The number of carbonyl (C=O) groups excluding carboxylic acids is 1. The van der Waals surface area contributed by atoms with Gasteiger partial charge < -0.3 is 24.8 Å². The van der Waals surface area contributed by atoms with E-state index in [1.165, 1.54) is 0 Å². The lowest BCUT2D eigenvalue weighted by atomic mass is 9.96. The molecule has 188 valence electrons. The number of aromatic nitrogens is 4. The molecule has 1 aliphatic heterocycles. The fourth-order valence-corrected chi connectivity index (χ4v) is 4.33. The molecule has 2 N–H and O–H groups in total. The van der Waals surface area contributed by atoms with Crippen LogP contribution in [0.25, 0.3) is 11.4 Å². The van der Waals surface area contributed by atoms with Gasteiger partial charge in [0.05, 0.1) is 32.6 Å². The van der Waals surface area contributed by atoms with E-state index in [4.69, 9.17) is 24.3 Å². The molecular formula is C27H26N6O4. The number of methoxy groups -OCH3 is 3. The van der Waals surface area contributed by atoms with Gasteiger partial charge >= 0.3 is 0 Å². The van der Waals surface area contributed by atoms with E-state index >= 15 is 0 Å². The zero-order chi connectivity index (χ0) is 25.9. The van der Waals surface area contributed by atoms with E-state index in [2.05, 4.69) is 15.6 Å². The largest absolute Gasteiger partial charge is 0.495 e. The van der Waals surface area contributed by atoms with Crippen LogP contribution >= 0.6 is 0 Å². The molecule has 0 fully saturated rings. The highest BCUT2D eigenvalue weighted by Gasteiger charge is 2.34. The van der Waals surface area contributed by atoms with Crippen LogP contribution in [0.4, 0.5) is 11.6 Å². The zero-order valence-corrected chi connectivity index (χ0v) is 20.9. The molecule has 4 aromatic rings. The molecule has 0 saturated heterocycles. The van der Waals surface area contributed by atoms with Crippen LogP contribution in [0.15, 0.2) is 78.3 Å². The van der Waals surface area contributed by atoms with Crippen molar-refractivity contribution >= 4 is 17.5 Å². The predicted octanol–water partition coefficient (Wildman–Crippen LogP) is 4.29. The molecule has 1 aliphatic rings. The van der Waals surface area contributed by atoms with Crippen molar-refractivity contribution in [3.63, 3.8) is 0 Å². The Labute approximate surface area is 213 Å². The second kappa shape index (κ2) is 10.0. The van der Waals surface area contributed by atoms with Crippen LogP contribution in [-0.4, -0.2) is 47.0 Å². The number of allylic oxidation sites excluding steroid dienone is 1. The van der Waals surface area contributed by atoms with Crippen molar-refractivity contribution in [1.82, 2.24) is 19.7 Å². The van der Waals surface area contributed by atoms with Crippen molar-refractivity contribution < 1.29 is 19.0 Å². The van der Waals surface area contributed by atoms with Gasteiger partial charge in [-0.05, 0) is 55.0 Å². The molecule has 0 radical (unpaired) electrons. The SMILES string of the molecule is COc1ccccc1NC(=O)C1=C(C)Nc2nc(-c3ccc(OC)c(OC)c3)nn2[C@H]1c1ccncc1. The fraction of sp³-hybridized carbons (Fsp3) is 0.185. The molecule has 1 amide bonds. The maximum absolute atomic E-state index is 13.7. The number of nitrogens with zero attached hydrogens (tertiary/aromatic N) is 4. The van der Waals surface area contributed by atoms with Gasteiger partial charge in [0, 0.05) is 23.7 Å². The predicted molar refractivity (Wildman–Crippen MR) is 139 cm³/mol. The molecule has 3 heterocycles. The summed E-state index contributed by atoms with van der Waals surface area (Å²) in [4.78, 5) is 22.6. The first kappa shape index (κ1) is 23.9. The number of fused-ring (bicyclic) bond motifs is 1. The quantitative estimate of drug-likeness (QED) is 0.388. The van der Waals surface area contributed by atoms with E-state index in [1.54, 1.807) is 56.6 Å². The topological polar surface area (TPSA) is 112 Å². The molecular weight excluding hydrogens is 472 g/mol. The third-order valence-electron chi connectivity index (χ3n) is 6.12. The summed E-state index contributed by atoms with van der Waals surface area (Å²) in [5.41, 5.74) is 3.30. The van der Waals surface area contributed by atoms with Crippen molar-refractivity contribution in [3.05, 3.63) is 83.8 Å². The van der Waals surface area contributed by atoms with E-state index in [9.17, 15) is 4.79 Å². The van der Waals surface area contributed by atoms with E-state index in [0.29, 0.717) is 46.0 Å². The second-order valence-corrected chi connectivity index (χ2v) is 8.27. The summed E-state index contributed by atoms with van der Waals surface area (Å²) in [5.74, 6) is 2.44. The van der Waals surface area contributed by atoms with Crippen molar-refractivity contribution in [2.24, 2.45) is 0 Å². The maximum Gasteiger partial charge on any atom is 0.255 e. The molecule has 2 aromatic heterocycles. The van der Waals surface area contributed by atoms with Crippen molar-refractivity contribution in [3.8, 4) is 28.6 Å². The average Bonchev–Trinajstić information content (AvgIpc) is 3.36. The van der Waals surface area contributed by atoms with Crippen LogP contribution in [0.2, 0.25) is 0 Å². The standard InChI is InChI=1S/C27H26N6O4/c1-16-23(26(34)30-19-7-5-6-8-20(19)35-2)24(17-11-13-28-14-12-17)33-27(29-16)31-25(32-33)18-9-10-21(36-3)22(15-18)37-4/h5-15,24H,1-4H3,(H,30,34)(H,29,31,32)/t24-/m0/s1. The lowest BCUT2D eigenvalue weighted by Crippen LogP contribution is -2.31. The smallest absolute Gasteiger partial charge is 0.255 e. The highest BCUT2D eigenvalue weighted by atomic mass is 16.5. The molecule has 2 aromatic carbocycles. The number of anilines is 2. The average molecular weight is 499 g/mol. The number of ether oxygens (including phenoxy) is 3. The van der Waals surface area contributed by atoms with Crippen LogP contribution in [0.5, 0.6) is 17.2 Å². The molecule has 0 spiro atoms. The molecule has 0 bridgehead atoms. The highest BCUT2D eigenvalue weighted by molar-refractivity contribution is 6.06. The Kier molecular flexibility index (Phi) is 6.46. The lowest BCUT2D eigenvalue weighted by molar-refractivity contribution is -0.113. The van der Waals surface area contributed by atoms with Gasteiger partial charge in [0.1, 0.15) is 11.8 Å². The normalized spacial score (nSPS) is 14.4. The van der Waals surface area contributed by atoms with Crippen LogP contribution < -0.4 is 24.8 Å². The number of benzene rings is 2. The van der Waals surface area contributed by atoms with Gasteiger partial charge in [-0.2, -0.15) is 4.98 Å². The molecule has 10 heteroatoms. The first-order valence-electron chi connectivity index (χ1n) is 11.5. The van der Waals surface area contributed by atoms with Gasteiger partial charge in [0.25, 0.3) is 5.91 Å². The Morgan fingerprint density at radius 3 is 2.41 bits per heavy atom. The minimum absolute atomic E-state index is 0.287. The number of hydrogen-bond donors (Lipinski definition) is 2. The first-order valence-corrected chi connectivity index (χ1v) is 11.5. The van der Waals surface area contributed by atoms with Gasteiger partial charge in [-0.25, -0.2) is 4.68 Å². The van der Waals surface area contributed by atoms with Gasteiger partial charge in [-0.3, -0.25) is 9.78 Å². The van der Waals surface area contributed by atoms with Gasteiger partial charge in [0.15, 0.2) is 17.3 Å². The minimum atomic E-state index is -0.546. The van der Waals surface area contributed by atoms with E-state index in [1.807, 2.05) is 43.3 Å². The number of para-hydroxylation sites is 2. The van der Waals surface area contributed by atoms with Gasteiger partial charge in [-0.15, -0.1) is 5.10 Å². The number of nitrogens with one attached hydrogen (secondary N) is 2. The molecule has 0 unspecified atom stereocenters. The summed E-state index contributed by atoms with van der Waals surface area (Å²) in [6.45, 7) is 1.85. The van der Waals surface area contributed by atoms with Crippen LogP contribution in [0, 0.1) is 0 Å². The highest BCUT2D eigenvalue weighted by Crippen LogP contribution is 2.38. The first-order chi connectivity index (χ1) is 18.0. The molecule has 0 saturated carbocycles. The molecule has 0 aliphatic carbocycles. The summed E-state index contributed by atoms with van der Waals surface area (Å²) < 4.78 is 17.9. The fourth-order valence-electron chi connectivity index (χ4n) is 4.33. The third kappa shape index (κ3) is 4.44.